The first-order valence-corrected chi connectivity index (χ1v) is 5.66. The summed E-state index contributed by atoms with van der Waals surface area (Å²) in [4.78, 5) is 0.781. The molecule has 0 N–H and O–H groups in total. The molecule has 1 unspecified atom stereocenters. The van der Waals surface area contributed by atoms with Crippen LogP contribution in [0.4, 0.5) is 4.39 Å². The van der Waals surface area contributed by atoms with E-state index >= 15 is 0 Å². The zero-order valence-electron chi connectivity index (χ0n) is 6.14. The lowest BCUT2D eigenvalue weighted by atomic mass is 10.2. The van der Waals surface area contributed by atoms with E-state index in [4.69, 9.17) is 0 Å². The molecule has 4 heteroatoms. The van der Waals surface area contributed by atoms with Gasteiger partial charge in [-0.05, 0) is 39.2 Å². The van der Waals surface area contributed by atoms with Gasteiger partial charge in [-0.15, -0.1) is 0 Å². The molecule has 0 saturated carbocycles. The van der Waals surface area contributed by atoms with Crippen LogP contribution < -0.4 is 0 Å². The third-order valence-electron chi connectivity index (χ3n) is 1.94. The van der Waals surface area contributed by atoms with E-state index in [1.807, 2.05) is 0 Å². The summed E-state index contributed by atoms with van der Waals surface area (Å²) in [6, 6.07) is 2.96. The van der Waals surface area contributed by atoms with Gasteiger partial charge in [0.1, 0.15) is 11.6 Å². The molecular weight excluding hydrogens is 243 g/mol. The van der Waals surface area contributed by atoms with Gasteiger partial charge in [0.2, 0.25) is 0 Å². The molecular formula is C8H6BrFOS. The molecule has 64 valence electrons. The number of hydrogen-bond donors (Lipinski definition) is 0. The van der Waals surface area contributed by atoms with Crippen LogP contribution in [0.5, 0.6) is 0 Å². The minimum Gasteiger partial charge on any atom is -0.611 e. The highest BCUT2D eigenvalue weighted by Gasteiger charge is 2.27. The summed E-state index contributed by atoms with van der Waals surface area (Å²) >= 11 is 2.24. The Morgan fingerprint density at radius 1 is 1.50 bits per heavy atom. The molecule has 0 saturated heterocycles. The van der Waals surface area contributed by atoms with Crippen molar-refractivity contribution in [3.05, 3.63) is 28.0 Å². The number of fused-ring (bicyclic) bond motifs is 1. The van der Waals surface area contributed by atoms with Gasteiger partial charge < -0.3 is 4.55 Å². The molecule has 0 fully saturated rings. The molecule has 1 heterocycles. The molecule has 2 rings (SSSR count). The Balaban J connectivity index is 2.60. The lowest BCUT2D eigenvalue weighted by molar-refractivity contribution is 0.598. The van der Waals surface area contributed by atoms with Gasteiger partial charge in [-0.25, -0.2) is 4.39 Å². The number of hydrogen-bond acceptors (Lipinski definition) is 1. The van der Waals surface area contributed by atoms with Crippen molar-refractivity contribution < 1.29 is 8.94 Å². The minimum atomic E-state index is -0.913. The Labute approximate surface area is 81.3 Å². The molecule has 0 amide bonds. The predicted octanol–water partition coefficient (Wildman–Crippen LogP) is 2.25. The molecule has 1 nitrogen and oxygen atoms in total. The monoisotopic (exact) mass is 248 g/mol. The Morgan fingerprint density at radius 3 is 3.00 bits per heavy atom. The summed E-state index contributed by atoms with van der Waals surface area (Å²) in [5, 5.41) is 0. The van der Waals surface area contributed by atoms with Crippen LogP contribution in [0.3, 0.4) is 0 Å². The SMILES string of the molecule is [O-][S+]1CCc2c1ccc(F)c2Br. The number of rotatable bonds is 0. The van der Waals surface area contributed by atoms with E-state index in [1.165, 1.54) is 6.07 Å². The van der Waals surface area contributed by atoms with E-state index in [0.29, 0.717) is 16.6 Å². The highest BCUT2D eigenvalue weighted by molar-refractivity contribution is 9.10. The second-order valence-corrected chi connectivity index (χ2v) is 4.97. The van der Waals surface area contributed by atoms with E-state index in [1.54, 1.807) is 6.07 Å². The number of benzene rings is 1. The largest absolute Gasteiger partial charge is 0.611 e. The summed E-state index contributed by atoms with van der Waals surface area (Å²) in [6.45, 7) is 0. The van der Waals surface area contributed by atoms with Crippen molar-refractivity contribution in [1.29, 1.82) is 0 Å². The van der Waals surface area contributed by atoms with Crippen molar-refractivity contribution >= 4 is 27.1 Å². The van der Waals surface area contributed by atoms with Crippen LogP contribution in [0.1, 0.15) is 5.56 Å². The third kappa shape index (κ3) is 1.18. The maximum atomic E-state index is 13.0. The molecule has 12 heavy (non-hydrogen) atoms. The lowest BCUT2D eigenvalue weighted by Gasteiger charge is -2.03. The van der Waals surface area contributed by atoms with Gasteiger partial charge in [0.05, 0.1) is 4.47 Å². The van der Waals surface area contributed by atoms with Crippen LogP contribution in [0, 0.1) is 5.82 Å². The second-order valence-electron chi connectivity index (χ2n) is 2.64. The van der Waals surface area contributed by atoms with E-state index in [9.17, 15) is 8.94 Å². The quantitative estimate of drug-likeness (QED) is 0.647. The van der Waals surface area contributed by atoms with Gasteiger partial charge in [0.15, 0.2) is 4.90 Å². The van der Waals surface area contributed by atoms with Crippen LogP contribution in [0.2, 0.25) is 0 Å². The van der Waals surface area contributed by atoms with Crippen molar-refractivity contribution in [3.63, 3.8) is 0 Å². The first-order valence-electron chi connectivity index (χ1n) is 3.55. The zero-order chi connectivity index (χ0) is 8.72. The first kappa shape index (κ1) is 8.53. The summed E-state index contributed by atoms with van der Waals surface area (Å²) in [6.07, 6.45) is 0.709. The highest BCUT2D eigenvalue weighted by atomic mass is 79.9. The second kappa shape index (κ2) is 3.01. The molecule has 1 aliphatic rings. The standard InChI is InChI=1S/C8H6BrFOS/c9-8-5-3-4-12(11)7(5)2-1-6(8)10/h1-2H,3-4H2. The normalized spacial score (nSPS) is 21.1. The van der Waals surface area contributed by atoms with E-state index in [2.05, 4.69) is 15.9 Å². The summed E-state index contributed by atoms with van der Waals surface area (Å²) in [7, 11) is 0. The molecule has 0 radical (unpaired) electrons. The van der Waals surface area contributed by atoms with Gasteiger partial charge >= 0.3 is 0 Å². The van der Waals surface area contributed by atoms with Crippen molar-refractivity contribution in [1.82, 2.24) is 0 Å². The molecule has 1 aromatic carbocycles. The maximum Gasteiger partial charge on any atom is 0.157 e. The van der Waals surface area contributed by atoms with Crippen LogP contribution in [0.25, 0.3) is 0 Å². The smallest absolute Gasteiger partial charge is 0.157 e. The fourth-order valence-electron chi connectivity index (χ4n) is 1.33. The average Bonchev–Trinajstić information content (AvgIpc) is 2.41. The minimum absolute atomic E-state index is 0.271. The van der Waals surface area contributed by atoms with Crippen molar-refractivity contribution in [3.8, 4) is 0 Å². The van der Waals surface area contributed by atoms with Crippen LogP contribution in [-0.2, 0) is 17.6 Å². The topological polar surface area (TPSA) is 23.1 Å². The Bertz CT molecular complexity index is 329. The predicted molar refractivity (Wildman–Crippen MR) is 49.1 cm³/mol. The van der Waals surface area contributed by atoms with Crippen LogP contribution in [0.15, 0.2) is 21.5 Å². The number of halogens is 2. The van der Waals surface area contributed by atoms with Gasteiger partial charge in [0.25, 0.3) is 0 Å². The van der Waals surface area contributed by atoms with Gasteiger partial charge in [-0.3, -0.25) is 0 Å². The van der Waals surface area contributed by atoms with Gasteiger partial charge in [0, 0.05) is 12.0 Å². The average molecular weight is 249 g/mol. The summed E-state index contributed by atoms with van der Waals surface area (Å²) < 4.78 is 24.7. The van der Waals surface area contributed by atoms with Gasteiger partial charge in [-0.1, -0.05) is 0 Å². The Kier molecular flexibility index (Phi) is 2.14. The van der Waals surface area contributed by atoms with Crippen LogP contribution >= 0.6 is 15.9 Å². The van der Waals surface area contributed by atoms with Gasteiger partial charge in [-0.2, -0.15) is 0 Å². The molecule has 1 aliphatic heterocycles. The maximum absolute atomic E-state index is 13.0. The molecule has 0 aliphatic carbocycles. The van der Waals surface area contributed by atoms with Crippen molar-refractivity contribution in [2.45, 2.75) is 11.3 Å². The first-order chi connectivity index (χ1) is 5.70. The van der Waals surface area contributed by atoms with Crippen molar-refractivity contribution in [2.24, 2.45) is 0 Å². The Morgan fingerprint density at radius 2 is 2.25 bits per heavy atom. The molecule has 0 bridgehead atoms. The van der Waals surface area contributed by atoms with Crippen LogP contribution in [-0.4, -0.2) is 10.3 Å². The van der Waals surface area contributed by atoms with E-state index < -0.39 is 11.2 Å². The Hall–Kier alpha value is -0.0600. The fraction of sp³-hybridized carbons (Fsp3) is 0.250. The van der Waals surface area contributed by atoms with Crippen molar-refractivity contribution in [2.75, 3.05) is 5.75 Å². The fourth-order valence-corrected chi connectivity index (χ4v) is 3.31. The third-order valence-corrected chi connectivity index (χ3v) is 4.24. The summed E-state index contributed by atoms with van der Waals surface area (Å²) in [5.41, 5.74) is 0.869. The summed E-state index contributed by atoms with van der Waals surface area (Å²) in [5.74, 6) is 0.352. The molecule has 1 atom stereocenters. The molecule has 1 aromatic rings. The molecule has 0 aromatic heterocycles. The van der Waals surface area contributed by atoms with E-state index in [0.717, 1.165) is 10.5 Å². The van der Waals surface area contributed by atoms with E-state index in [-0.39, 0.29) is 5.82 Å². The molecule has 0 spiro atoms. The highest BCUT2D eigenvalue weighted by Crippen LogP contribution is 2.33. The lowest BCUT2D eigenvalue weighted by Crippen LogP contribution is -1.98. The zero-order valence-corrected chi connectivity index (χ0v) is 8.54.